The summed E-state index contributed by atoms with van der Waals surface area (Å²) in [5, 5.41) is 5.21. The van der Waals surface area contributed by atoms with Crippen molar-refractivity contribution in [3.63, 3.8) is 0 Å². The van der Waals surface area contributed by atoms with Crippen LogP contribution in [0, 0.1) is 0 Å². The zero-order chi connectivity index (χ0) is 26.7. The molecule has 198 valence electrons. The molecule has 0 atom stereocenters. The van der Waals surface area contributed by atoms with Crippen molar-refractivity contribution in [2.75, 3.05) is 32.7 Å². The van der Waals surface area contributed by atoms with Crippen LogP contribution in [0.5, 0.6) is 0 Å². The molecular weight excluding hydrogens is 499 g/mol. The molecule has 0 spiro atoms. The van der Waals surface area contributed by atoms with Gasteiger partial charge in [-0.05, 0) is 29.8 Å². The zero-order valence-electron chi connectivity index (χ0n) is 20.5. The number of fused-ring (bicyclic) bond motifs is 1. The third-order valence-corrected chi connectivity index (χ3v) is 6.56. The van der Waals surface area contributed by atoms with Gasteiger partial charge in [0.15, 0.2) is 5.78 Å². The Bertz CT molecular complexity index is 1420. The maximum Gasteiger partial charge on any atom is 0.433 e. The number of nitrogens with zero attached hydrogens (tertiary/aromatic N) is 7. The van der Waals surface area contributed by atoms with Crippen LogP contribution in [0.15, 0.2) is 61.3 Å². The van der Waals surface area contributed by atoms with Crippen LogP contribution in [0.2, 0.25) is 0 Å². The van der Waals surface area contributed by atoms with Crippen LogP contribution in [0.25, 0.3) is 10.9 Å². The Morgan fingerprint density at radius 3 is 2.55 bits per heavy atom. The Kier molecular flexibility index (Phi) is 7.23. The number of hydrogen-bond donors (Lipinski definition) is 0. The summed E-state index contributed by atoms with van der Waals surface area (Å²) in [7, 11) is 0. The number of piperazine rings is 1. The molecule has 5 rings (SSSR count). The highest BCUT2D eigenvalue weighted by Crippen LogP contribution is 2.27. The summed E-state index contributed by atoms with van der Waals surface area (Å²) < 4.78 is 42.4. The molecule has 12 heteroatoms. The van der Waals surface area contributed by atoms with Gasteiger partial charge < -0.3 is 9.47 Å². The highest BCUT2D eigenvalue weighted by atomic mass is 19.4. The van der Waals surface area contributed by atoms with E-state index in [2.05, 4.69) is 20.0 Å². The normalized spacial score (nSPS) is 14.8. The maximum absolute atomic E-state index is 12.9. The number of Topliss-reactive ketones (excluding diaryl/α,β-unsaturated/α-hetero) is 1. The number of imidazole rings is 1. The van der Waals surface area contributed by atoms with Gasteiger partial charge in [-0.25, -0.2) is 9.97 Å². The molecule has 0 unspecified atom stereocenters. The van der Waals surface area contributed by atoms with Crippen LogP contribution in [0.3, 0.4) is 0 Å². The van der Waals surface area contributed by atoms with E-state index < -0.39 is 17.7 Å². The molecule has 4 heterocycles. The number of pyridine rings is 1. The molecule has 38 heavy (non-hydrogen) atoms. The van der Waals surface area contributed by atoms with Gasteiger partial charge >= 0.3 is 6.18 Å². The number of ketones is 1. The van der Waals surface area contributed by atoms with E-state index >= 15 is 0 Å². The number of amides is 1. The predicted octanol–water partition coefficient (Wildman–Crippen LogP) is 2.92. The Hall–Kier alpha value is -4.06. The van der Waals surface area contributed by atoms with Gasteiger partial charge in [-0.2, -0.15) is 18.3 Å². The smallest absolute Gasteiger partial charge is 0.339 e. The number of carbonyl (C=O) groups excluding carboxylic acids is 2. The Morgan fingerprint density at radius 2 is 1.82 bits per heavy atom. The minimum atomic E-state index is -4.62. The van der Waals surface area contributed by atoms with Gasteiger partial charge in [0, 0.05) is 69.7 Å². The quantitative estimate of drug-likeness (QED) is 0.329. The second-order valence-corrected chi connectivity index (χ2v) is 9.25. The van der Waals surface area contributed by atoms with Crippen molar-refractivity contribution < 1.29 is 22.8 Å². The van der Waals surface area contributed by atoms with Crippen LogP contribution in [0.1, 0.15) is 21.7 Å². The Balaban J connectivity index is 1.16. The fourth-order valence-electron chi connectivity index (χ4n) is 4.48. The predicted molar refractivity (Wildman–Crippen MR) is 132 cm³/mol. The molecule has 1 aliphatic rings. The average Bonchev–Trinajstić information content (AvgIpc) is 3.56. The lowest BCUT2D eigenvalue weighted by molar-refractivity contribution is -0.141. The van der Waals surface area contributed by atoms with Crippen molar-refractivity contribution in [3.8, 4) is 0 Å². The second-order valence-electron chi connectivity index (χ2n) is 9.25. The van der Waals surface area contributed by atoms with Crippen molar-refractivity contribution >= 4 is 22.6 Å². The minimum absolute atomic E-state index is 0.0157. The van der Waals surface area contributed by atoms with E-state index in [4.69, 9.17) is 0 Å². The first-order valence-electron chi connectivity index (χ1n) is 12.2. The third kappa shape index (κ3) is 6.08. The van der Waals surface area contributed by atoms with Gasteiger partial charge in [-0.3, -0.25) is 19.2 Å². The second kappa shape index (κ2) is 10.7. The molecule has 0 bridgehead atoms. The number of aromatic nitrogens is 5. The summed E-state index contributed by atoms with van der Waals surface area (Å²) in [6.07, 6.45) is 2.51. The number of benzene rings is 1. The first-order valence-corrected chi connectivity index (χ1v) is 12.2. The summed E-state index contributed by atoms with van der Waals surface area (Å²) in [5.74, 6) is -0.528. The number of carbonyl (C=O) groups is 2. The van der Waals surface area contributed by atoms with E-state index in [9.17, 15) is 22.8 Å². The van der Waals surface area contributed by atoms with Crippen LogP contribution in [-0.4, -0.2) is 78.5 Å². The van der Waals surface area contributed by atoms with Crippen molar-refractivity contribution in [2.24, 2.45) is 0 Å². The molecule has 0 radical (unpaired) electrons. The molecule has 1 amide bonds. The minimum Gasteiger partial charge on any atom is -0.339 e. The van der Waals surface area contributed by atoms with Gasteiger partial charge in [-0.1, -0.05) is 12.1 Å². The van der Waals surface area contributed by atoms with E-state index in [1.165, 1.54) is 12.1 Å². The summed E-state index contributed by atoms with van der Waals surface area (Å²) in [4.78, 5) is 37.1. The molecule has 1 fully saturated rings. The van der Waals surface area contributed by atoms with Crippen molar-refractivity contribution in [2.45, 2.75) is 25.7 Å². The Labute approximate surface area is 216 Å². The monoisotopic (exact) mass is 525 g/mol. The fraction of sp³-hybridized carbons (Fsp3) is 0.346. The molecule has 0 saturated carbocycles. The summed E-state index contributed by atoms with van der Waals surface area (Å²) >= 11 is 0. The Morgan fingerprint density at radius 1 is 1.00 bits per heavy atom. The molecular formula is C26H26F3N7O2. The van der Waals surface area contributed by atoms with E-state index in [-0.39, 0.29) is 24.6 Å². The van der Waals surface area contributed by atoms with Gasteiger partial charge in [0.25, 0.3) is 0 Å². The van der Waals surface area contributed by atoms with E-state index in [1.54, 1.807) is 41.6 Å². The van der Waals surface area contributed by atoms with Crippen LogP contribution < -0.4 is 0 Å². The van der Waals surface area contributed by atoms with E-state index in [0.717, 1.165) is 37.6 Å². The van der Waals surface area contributed by atoms with Crippen molar-refractivity contribution in [3.05, 3.63) is 78.3 Å². The van der Waals surface area contributed by atoms with Crippen molar-refractivity contribution in [1.82, 2.24) is 34.1 Å². The van der Waals surface area contributed by atoms with Gasteiger partial charge in [0.05, 0.1) is 11.8 Å². The summed E-state index contributed by atoms with van der Waals surface area (Å²) in [6, 6.07) is 8.48. The molecule has 1 aromatic carbocycles. The lowest BCUT2D eigenvalue weighted by Gasteiger charge is -2.34. The van der Waals surface area contributed by atoms with Crippen LogP contribution in [0.4, 0.5) is 13.2 Å². The standard InChI is InChI=1S/C26H26F3N7O2/c27-26(28,29)24-3-1-2-22(31-24)23(37)15-19-4-5-21-20(14-19)16-36(32-21)17-25(38)35-12-10-33(11-13-35)8-9-34-7-6-30-18-34/h1-7,14,16,18H,8-13,15,17H2. The lowest BCUT2D eigenvalue weighted by Crippen LogP contribution is -2.50. The number of alkyl halides is 3. The van der Waals surface area contributed by atoms with Crippen LogP contribution >= 0.6 is 0 Å². The van der Waals surface area contributed by atoms with Crippen molar-refractivity contribution in [1.29, 1.82) is 0 Å². The SMILES string of the molecule is O=C(Cc1ccc2nn(CC(=O)N3CCN(CCn4ccnc4)CC3)cc2c1)c1cccc(C(F)(F)F)n1. The highest BCUT2D eigenvalue weighted by Gasteiger charge is 2.33. The fourth-order valence-corrected chi connectivity index (χ4v) is 4.48. The molecule has 0 aliphatic carbocycles. The molecule has 9 nitrogen and oxygen atoms in total. The first kappa shape index (κ1) is 25.6. The molecule has 4 aromatic rings. The number of rotatable bonds is 8. The molecule has 1 saturated heterocycles. The molecule has 3 aromatic heterocycles. The van der Waals surface area contributed by atoms with Gasteiger partial charge in [-0.15, -0.1) is 0 Å². The number of hydrogen-bond acceptors (Lipinski definition) is 6. The maximum atomic E-state index is 12.9. The topological polar surface area (TPSA) is 89.2 Å². The van der Waals surface area contributed by atoms with E-state index in [1.807, 2.05) is 15.7 Å². The molecule has 1 aliphatic heterocycles. The first-order chi connectivity index (χ1) is 18.2. The summed E-state index contributed by atoms with van der Waals surface area (Å²) in [6.45, 7) is 4.78. The largest absolute Gasteiger partial charge is 0.433 e. The lowest BCUT2D eigenvalue weighted by atomic mass is 10.0. The zero-order valence-corrected chi connectivity index (χ0v) is 20.5. The molecule has 0 N–H and O–H groups in total. The third-order valence-electron chi connectivity index (χ3n) is 6.56. The summed E-state index contributed by atoms with van der Waals surface area (Å²) in [5.41, 5.74) is -0.0430. The highest BCUT2D eigenvalue weighted by molar-refractivity contribution is 5.96. The number of halogens is 3. The van der Waals surface area contributed by atoms with Gasteiger partial charge in [0.1, 0.15) is 17.9 Å². The average molecular weight is 526 g/mol. The van der Waals surface area contributed by atoms with Gasteiger partial charge in [0.2, 0.25) is 5.91 Å². The van der Waals surface area contributed by atoms with E-state index in [0.29, 0.717) is 24.2 Å². The van der Waals surface area contributed by atoms with Crippen LogP contribution in [-0.2, 0) is 30.5 Å².